The zero-order valence-corrected chi connectivity index (χ0v) is 10.7. The van der Waals surface area contributed by atoms with Gasteiger partial charge in [-0.3, -0.25) is 0 Å². The fourth-order valence-corrected chi connectivity index (χ4v) is 3.42. The molecule has 0 aromatic rings. The first-order valence-corrected chi connectivity index (χ1v) is 7.01. The third-order valence-corrected chi connectivity index (χ3v) is 4.44. The summed E-state index contributed by atoms with van der Waals surface area (Å²) < 4.78 is 26.8. The van der Waals surface area contributed by atoms with Gasteiger partial charge in [0.25, 0.3) is 0 Å². The van der Waals surface area contributed by atoms with Crippen LogP contribution in [-0.2, 0) is 10.0 Å². The van der Waals surface area contributed by atoms with Crippen LogP contribution < -0.4 is 10.0 Å². The van der Waals surface area contributed by atoms with Gasteiger partial charge in [0, 0.05) is 6.04 Å². The second-order valence-electron chi connectivity index (χ2n) is 4.08. The minimum Gasteiger partial charge on any atom is -0.317 e. The highest BCUT2D eigenvalue weighted by Crippen LogP contribution is 2.15. The lowest BCUT2D eigenvalue weighted by atomic mass is 10.1. The minimum absolute atomic E-state index is 0.0422. The van der Waals surface area contributed by atoms with E-state index in [1.165, 1.54) is 0 Å². The van der Waals surface area contributed by atoms with Crippen molar-refractivity contribution in [2.75, 3.05) is 13.1 Å². The zero-order valence-electron chi connectivity index (χ0n) is 9.91. The summed E-state index contributed by atoms with van der Waals surface area (Å²) in [6.45, 7) is 8.84. The molecule has 16 heavy (non-hydrogen) atoms. The maximum Gasteiger partial charge on any atom is 0.240 e. The molecule has 0 spiro atoms. The van der Waals surface area contributed by atoms with E-state index in [9.17, 15) is 8.42 Å². The summed E-state index contributed by atoms with van der Waals surface area (Å²) in [5, 5.41) is 3.20. The second-order valence-corrected chi connectivity index (χ2v) is 5.76. The van der Waals surface area contributed by atoms with E-state index in [-0.39, 0.29) is 6.04 Å². The molecule has 0 radical (unpaired) electrons. The Morgan fingerprint density at radius 2 is 2.00 bits per heavy atom. The molecule has 2 N–H and O–H groups in total. The highest BCUT2D eigenvalue weighted by atomic mass is 32.2. The van der Waals surface area contributed by atoms with E-state index in [1.807, 2.05) is 0 Å². The smallest absolute Gasteiger partial charge is 0.240 e. The highest BCUT2D eigenvalue weighted by Gasteiger charge is 2.23. The molecule has 0 saturated carbocycles. The molecule has 1 aliphatic rings. The Labute approximate surface area is 97.9 Å². The van der Waals surface area contributed by atoms with Crippen molar-refractivity contribution in [3.8, 4) is 0 Å². The highest BCUT2D eigenvalue weighted by molar-refractivity contribution is 7.93. The van der Waals surface area contributed by atoms with Gasteiger partial charge in [-0.05, 0) is 45.4 Å². The van der Waals surface area contributed by atoms with Crippen LogP contribution in [0.2, 0.25) is 0 Å². The Bertz CT molecular complexity index is 379. The van der Waals surface area contributed by atoms with Crippen LogP contribution in [0, 0.1) is 0 Å². The molecule has 0 unspecified atom stereocenters. The topological polar surface area (TPSA) is 58.2 Å². The minimum atomic E-state index is -3.39. The third-order valence-electron chi connectivity index (χ3n) is 2.63. The predicted octanol–water partition coefficient (Wildman–Crippen LogP) is 1.14. The van der Waals surface area contributed by atoms with Gasteiger partial charge in [0.1, 0.15) is 0 Å². The van der Waals surface area contributed by atoms with E-state index in [0.717, 1.165) is 25.9 Å². The van der Waals surface area contributed by atoms with E-state index in [0.29, 0.717) is 10.5 Å². The number of allylic oxidation sites excluding steroid dienone is 2. The maximum atomic E-state index is 12.0. The molecule has 0 bridgehead atoms. The van der Waals surface area contributed by atoms with Gasteiger partial charge >= 0.3 is 0 Å². The molecular formula is C11H20N2O2S. The lowest BCUT2D eigenvalue weighted by Crippen LogP contribution is -2.43. The monoisotopic (exact) mass is 244 g/mol. The molecule has 0 aromatic heterocycles. The van der Waals surface area contributed by atoms with Crippen LogP contribution in [0.4, 0.5) is 0 Å². The van der Waals surface area contributed by atoms with Crippen molar-refractivity contribution in [1.29, 1.82) is 0 Å². The number of rotatable bonds is 4. The molecule has 5 heteroatoms. The first-order valence-electron chi connectivity index (χ1n) is 5.52. The first-order chi connectivity index (χ1) is 7.47. The summed E-state index contributed by atoms with van der Waals surface area (Å²) in [6, 6.07) is 0.0422. The Kier molecular flexibility index (Phi) is 4.70. The standard InChI is InChI=1S/C11H20N2O2S/c1-4-11(9(2)3)16(14,15)13-10-5-7-12-8-6-10/h4,10,12-13H,2,5-8H2,1,3H3. The van der Waals surface area contributed by atoms with Gasteiger partial charge in [-0.2, -0.15) is 0 Å². The van der Waals surface area contributed by atoms with E-state index >= 15 is 0 Å². The fourth-order valence-electron chi connectivity index (χ4n) is 1.85. The van der Waals surface area contributed by atoms with Gasteiger partial charge in [0.05, 0.1) is 4.91 Å². The summed E-state index contributed by atoms with van der Waals surface area (Å²) in [5.74, 6) is 0. The van der Waals surface area contributed by atoms with Crippen LogP contribution in [0.1, 0.15) is 26.7 Å². The average Bonchev–Trinajstić information content (AvgIpc) is 2.18. The van der Waals surface area contributed by atoms with Crippen molar-refractivity contribution in [3.05, 3.63) is 23.1 Å². The van der Waals surface area contributed by atoms with Crippen molar-refractivity contribution in [1.82, 2.24) is 10.0 Å². The quantitative estimate of drug-likeness (QED) is 0.729. The van der Waals surface area contributed by atoms with Crippen molar-refractivity contribution >= 4 is 10.0 Å². The number of sulfonamides is 1. The first kappa shape index (κ1) is 13.4. The summed E-state index contributed by atoms with van der Waals surface area (Å²) in [5.41, 5.74) is 0.573. The number of hydrogen-bond donors (Lipinski definition) is 2. The molecule has 1 fully saturated rings. The van der Waals surface area contributed by atoms with Crippen LogP contribution >= 0.6 is 0 Å². The summed E-state index contributed by atoms with van der Waals surface area (Å²) in [4.78, 5) is 0.297. The van der Waals surface area contributed by atoms with Crippen LogP contribution in [0.25, 0.3) is 0 Å². The molecule has 92 valence electrons. The van der Waals surface area contributed by atoms with Gasteiger partial charge in [-0.1, -0.05) is 12.7 Å². The zero-order chi connectivity index (χ0) is 12.2. The molecule has 1 saturated heterocycles. The van der Waals surface area contributed by atoms with E-state index in [2.05, 4.69) is 16.6 Å². The predicted molar refractivity (Wildman–Crippen MR) is 66.5 cm³/mol. The second kappa shape index (κ2) is 5.61. The van der Waals surface area contributed by atoms with Crippen molar-refractivity contribution in [2.24, 2.45) is 0 Å². The maximum absolute atomic E-state index is 12.0. The fraction of sp³-hybridized carbons (Fsp3) is 0.636. The average molecular weight is 244 g/mol. The van der Waals surface area contributed by atoms with Crippen molar-refractivity contribution < 1.29 is 8.42 Å². The third kappa shape index (κ3) is 3.43. The Morgan fingerprint density at radius 3 is 2.44 bits per heavy atom. The lowest BCUT2D eigenvalue weighted by molar-refractivity contribution is 0.428. The lowest BCUT2D eigenvalue weighted by Gasteiger charge is -2.24. The molecule has 1 aliphatic heterocycles. The summed E-state index contributed by atoms with van der Waals surface area (Å²) in [7, 11) is -3.39. The van der Waals surface area contributed by atoms with E-state index in [1.54, 1.807) is 19.9 Å². The SMILES string of the molecule is C=C(C)C(=CC)S(=O)(=O)NC1CCNCC1. The van der Waals surface area contributed by atoms with Gasteiger partial charge in [0.15, 0.2) is 0 Å². The van der Waals surface area contributed by atoms with Crippen molar-refractivity contribution in [2.45, 2.75) is 32.7 Å². The molecular weight excluding hydrogens is 224 g/mol. The Balaban J connectivity index is 2.74. The largest absolute Gasteiger partial charge is 0.317 e. The van der Waals surface area contributed by atoms with Crippen LogP contribution in [0.5, 0.6) is 0 Å². The summed E-state index contributed by atoms with van der Waals surface area (Å²) in [6.07, 6.45) is 3.27. The van der Waals surface area contributed by atoms with E-state index in [4.69, 9.17) is 0 Å². The molecule has 1 heterocycles. The Morgan fingerprint density at radius 1 is 1.44 bits per heavy atom. The van der Waals surface area contributed by atoms with E-state index < -0.39 is 10.0 Å². The number of nitrogens with one attached hydrogen (secondary N) is 2. The summed E-state index contributed by atoms with van der Waals surface area (Å²) >= 11 is 0. The van der Waals surface area contributed by atoms with Crippen molar-refractivity contribution in [3.63, 3.8) is 0 Å². The molecule has 0 aliphatic carbocycles. The molecule has 0 amide bonds. The molecule has 1 rings (SSSR count). The normalized spacial score (nSPS) is 19.8. The van der Waals surface area contributed by atoms with Gasteiger partial charge in [-0.15, -0.1) is 0 Å². The molecule has 4 nitrogen and oxygen atoms in total. The van der Waals surface area contributed by atoms with Gasteiger partial charge in [0.2, 0.25) is 10.0 Å². The van der Waals surface area contributed by atoms with Gasteiger partial charge < -0.3 is 5.32 Å². The van der Waals surface area contributed by atoms with Gasteiger partial charge in [-0.25, -0.2) is 13.1 Å². The molecule has 0 atom stereocenters. The number of piperidine rings is 1. The molecule has 0 aromatic carbocycles. The van der Waals surface area contributed by atoms with Crippen LogP contribution in [0.3, 0.4) is 0 Å². The Hall–Kier alpha value is -0.650. The number of hydrogen-bond acceptors (Lipinski definition) is 3. The van der Waals surface area contributed by atoms with Crippen LogP contribution in [-0.4, -0.2) is 27.5 Å². The van der Waals surface area contributed by atoms with Crippen LogP contribution in [0.15, 0.2) is 23.1 Å².